The van der Waals surface area contributed by atoms with Crippen molar-refractivity contribution in [1.29, 1.82) is 0 Å². The van der Waals surface area contributed by atoms with E-state index in [1.807, 2.05) is 6.92 Å². The molecule has 1 saturated carbocycles. The van der Waals surface area contributed by atoms with Crippen LogP contribution in [0.5, 0.6) is 0 Å². The maximum absolute atomic E-state index is 12.2. The Kier molecular flexibility index (Phi) is 4.38. The first-order valence-electron chi connectivity index (χ1n) is 7.36. The van der Waals surface area contributed by atoms with Crippen molar-refractivity contribution in [3.63, 3.8) is 0 Å². The average molecular weight is 266 g/mol. The third-order valence-corrected chi connectivity index (χ3v) is 4.20. The number of carbonyl (C=O) groups is 3. The van der Waals surface area contributed by atoms with Gasteiger partial charge in [-0.15, -0.1) is 0 Å². The summed E-state index contributed by atoms with van der Waals surface area (Å²) in [4.78, 5) is 36.1. The van der Waals surface area contributed by atoms with Gasteiger partial charge in [0, 0.05) is 12.8 Å². The number of rotatable bonds is 3. The first kappa shape index (κ1) is 14.2. The zero-order chi connectivity index (χ0) is 13.9. The monoisotopic (exact) mass is 266 g/mol. The normalized spacial score (nSPS) is 26.9. The summed E-state index contributed by atoms with van der Waals surface area (Å²) >= 11 is 0. The van der Waals surface area contributed by atoms with Crippen LogP contribution in [0.1, 0.15) is 64.7 Å². The van der Waals surface area contributed by atoms with Gasteiger partial charge in [0.25, 0.3) is 0 Å². The maximum Gasteiger partial charge on any atom is 0.324 e. The average Bonchev–Trinajstić information content (AvgIpc) is 2.54. The fourth-order valence-corrected chi connectivity index (χ4v) is 3.21. The molecule has 4 heteroatoms. The molecule has 1 aliphatic heterocycles. The van der Waals surface area contributed by atoms with Gasteiger partial charge in [-0.05, 0) is 32.1 Å². The number of ether oxygens (including phenoxy) is 1. The summed E-state index contributed by atoms with van der Waals surface area (Å²) in [6, 6.07) is 0. The van der Waals surface area contributed by atoms with Crippen molar-refractivity contribution < 1.29 is 19.1 Å². The van der Waals surface area contributed by atoms with E-state index in [2.05, 4.69) is 0 Å². The first-order chi connectivity index (χ1) is 9.08. The van der Waals surface area contributed by atoms with E-state index in [0.717, 1.165) is 38.5 Å². The van der Waals surface area contributed by atoms with Crippen LogP contribution in [-0.2, 0) is 19.1 Å². The fourth-order valence-electron chi connectivity index (χ4n) is 3.21. The zero-order valence-electron chi connectivity index (χ0n) is 11.6. The van der Waals surface area contributed by atoms with Crippen LogP contribution in [-0.4, -0.2) is 23.1 Å². The molecule has 1 spiro atoms. The molecule has 0 N–H and O–H groups in total. The van der Waals surface area contributed by atoms with Crippen molar-refractivity contribution >= 4 is 17.5 Å². The van der Waals surface area contributed by atoms with Crippen molar-refractivity contribution in [2.45, 2.75) is 70.3 Å². The Labute approximate surface area is 113 Å². The Morgan fingerprint density at radius 1 is 1.21 bits per heavy atom. The molecule has 19 heavy (non-hydrogen) atoms. The molecule has 4 nitrogen and oxygen atoms in total. The number of carbonyl (C=O) groups excluding carboxylic acids is 3. The van der Waals surface area contributed by atoms with E-state index < -0.39 is 17.5 Å². The molecule has 2 fully saturated rings. The quantitative estimate of drug-likeness (QED) is 0.582. The molecule has 2 aliphatic rings. The zero-order valence-corrected chi connectivity index (χ0v) is 11.6. The van der Waals surface area contributed by atoms with Crippen molar-refractivity contribution in [2.24, 2.45) is 5.92 Å². The van der Waals surface area contributed by atoms with Crippen LogP contribution >= 0.6 is 0 Å². The Hall–Kier alpha value is -1.19. The summed E-state index contributed by atoms with van der Waals surface area (Å²) in [5.74, 6) is -2.25. The fraction of sp³-hybridized carbons (Fsp3) is 0.800. The Morgan fingerprint density at radius 3 is 2.37 bits per heavy atom. The van der Waals surface area contributed by atoms with E-state index >= 15 is 0 Å². The number of Topliss-reactive ketones (excluding diaryl/α,β-unsaturated/α-hetero) is 2. The largest absolute Gasteiger partial charge is 0.458 e. The van der Waals surface area contributed by atoms with Gasteiger partial charge in [-0.3, -0.25) is 14.4 Å². The van der Waals surface area contributed by atoms with Crippen LogP contribution in [0.2, 0.25) is 0 Å². The van der Waals surface area contributed by atoms with Gasteiger partial charge < -0.3 is 4.74 Å². The van der Waals surface area contributed by atoms with Gasteiger partial charge in [0.2, 0.25) is 0 Å². The topological polar surface area (TPSA) is 60.4 Å². The van der Waals surface area contributed by atoms with Gasteiger partial charge in [-0.2, -0.15) is 0 Å². The predicted molar refractivity (Wildman–Crippen MR) is 69.6 cm³/mol. The Bertz CT molecular complexity index is 358. The highest BCUT2D eigenvalue weighted by atomic mass is 16.6. The summed E-state index contributed by atoms with van der Waals surface area (Å²) in [5, 5.41) is 0. The van der Waals surface area contributed by atoms with E-state index in [1.54, 1.807) is 0 Å². The number of ketones is 2. The minimum atomic E-state index is -1.14. The first-order valence-corrected chi connectivity index (χ1v) is 7.36. The molecule has 1 unspecified atom stereocenters. The van der Waals surface area contributed by atoms with E-state index in [-0.39, 0.29) is 24.4 Å². The van der Waals surface area contributed by atoms with Crippen molar-refractivity contribution in [3.8, 4) is 0 Å². The summed E-state index contributed by atoms with van der Waals surface area (Å²) in [6.45, 7) is 1.86. The molecule has 1 heterocycles. The second-order valence-electron chi connectivity index (χ2n) is 5.81. The number of hydrogen-bond donors (Lipinski definition) is 0. The highest BCUT2D eigenvalue weighted by Gasteiger charge is 2.48. The third kappa shape index (κ3) is 3.04. The molecule has 0 radical (unpaired) electrons. The van der Waals surface area contributed by atoms with Crippen molar-refractivity contribution in [3.05, 3.63) is 0 Å². The van der Waals surface area contributed by atoms with Crippen LogP contribution in [0.15, 0.2) is 0 Å². The summed E-state index contributed by atoms with van der Waals surface area (Å²) < 4.78 is 5.56. The van der Waals surface area contributed by atoms with E-state index in [0.29, 0.717) is 6.42 Å². The molecule has 1 saturated heterocycles. The molecule has 106 valence electrons. The van der Waals surface area contributed by atoms with E-state index in [9.17, 15) is 14.4 Å². The van der Waals surface area contributed by atoms with Gasteiger partial charge in [0.15, 0.2) is 17.5 Å². The molecular weight excluding hydrogens is 244 g/mol. The maximum atomic E-state index is 12.2. The van der Waals surface area contributed by atoms with Crippen LogP contribution in [0.25, 0.3) is 0 Å². The van der Waals surface area contributed by atoms with Gasteiger partial charge in [-0.25, -0.2) is 0 Å². The smallest absolute Gasteiger partial charge is 0.324 e. The van der Waals surface area contributed by atoms with Crippen LogP contribution in [0, 0.1) is 5.92 Å². The van der Waals surface area contributed by atoms with Crippen LogP contribution in [0.3, 0.4) is 0 Å². The molecule has 1 aliphatic carbocycles. The third-order valence-electron chi connectivity index (χ3n) is 4.20. The van der Waals surface area contributed by atoms with E-state index in [1.165, 1.54) is 0 Å². The molecule has 0 bridgehead atoms. The summed E-state index contributed by atoms with van der Waals surface area (Å²) in [7, 11) is 0. The molecule has 0 aromatic heterocycles. The molecular formula is C15H22O4. The van der Waals surface area contributed by atoms with Crippen LogP contribution < -0.4 is 0 Å². The Balaban J connectivity index is 2.11. The van der Waals surface area contributed by atoms with Crippen molar-refractivity contribution in [2.75, 3.05) is 0 Å². The highest BCUT2D eigenvalue weighted by Crippen LogP contribution is 2.38. The Morgan fingerprint density at radius 2 is 1.84 bits per heavy atom. The second-order valence-corrected chi connectivity index (χ2v) is 5.81. The predicted octanol–water partition coefficient (Wildman–Crippen LogP) is 2.58. The van der Waals surface area contributed by atoms with Gasteiger partial charge in [0.1, 0.15) is 5.60 Å². The minimum absolute atomic E-state index is 0.225. The molecule has 0 aromatic carbocycles. The van der Waals surface area contributed by atoms with E-state index in [4.69, 9.17) is 4.74 Å². The lowest BCUT2D eigenvalue weighted by Crippen LogP contribution is -2.49. The summed E-state index contributed by atoms with van der Waals surface area (Å²) in [5.41, 5.74) is -0.604. The van der Waals surface area contributed by atoms with Gasteiger partial charge in [0.05, 0.1) is 0 Å². The number of esters is 1. The molecule has 0 amide bonds. The molecule has 2 rings (SSSR count). The standard InChI is InChI=1S/C15H22O4/c1-2-7-11(16)13-12(17)10-15(19-14(13)18)8-5-3-4-6-9-15/h13H,2-10H2,1H3. The van der Waals surface area contributed by atoms with Crippen molar-refractivity contribution in [1.82, 2.24) is 0 Å². The molecule has 0 aromatic rings. The summed E-state index contributed by atoms with van der Waals surface area (Å²) in [6.07, 6.45) is 6.94. The van der Waals surface area contributed by atoms with Crippen LogP contribution in [0.4, 0.5) is 0 Å². The lowest BCUT2D eigenvalue weighted by molar-refractivity contribution is -0.180. The van der Waals surface area contributed by atoms with Gasteiger partial charge in [-0.1, -0.05) is 19.8 Å². The highest BCUT2D eigenvalue weighted by molar-refractivity contribution is 6.18. The lowest BCUT2D eigenvalue weighted by atomic mass is 9.80. The second kappa shape index (κ2) is 5.85. The SMILES string of the molecule is CCCC(=O)C1C(=O)CC2(CCCCCC2)OC1=O. The number of hydrogen-bond acceptors (Lipinski definition) is 4. The van der Waals surface area contributed by atoms with Gasteiger partial charge >= 0.3 is 5.97 Å². The molecule has 1 atom stereocenters. The minimum Gasteiger partial charge on any atom is -0.458 e. The lowest BCUT2D eigenvalue weighted by Gasteiger charge is -2.37.